The number of rotatable bonds is 6. The van der Waals surface area contributed by atoms with Gasteiger partial charge in [-0.1, -0.05) is 12.1 Å². The molecule has 0 spiro atoms. The molecule has 1 aliphatic rings. The smallest absolute Gasteiger partial charge is 0.243 e. The second-order valence-corrected chi connectivity index (χ2v) is 8.77. The fraction of sp³-hybridized carbons (Fsp3) is 0.350. The Kier molecular flexibility index (Phi) is 6.51. The third-order valence-electron chi connectivity index (χ3n) is 4.68. The molecule has 7 nitrogen and oxygen atoms in total. The first-order valence-corrected chi connectivity index (χ1v) is 10.7. The van der Waals surface area contributed by atoms with E-state index in [-0.39, 0.29) is 23.2 Å². The summed E-state index contributed by atoms with van der Waals surface area (Å²) >= 11 is 0. The van der Waals surface area contributed by atoms with Crippen LogP contribution in [0.1, 0.15) is 11.1 Å². The molecule has 1 heterocycles. The number of nitrogens with zero attached hydrogens (tertiary/aromatic N) is 1. The molecule has 3 rings (SSSR count). The van der Waals surface area contributed by atoms with Gasteiger partial charge in [0, 0.05) is 24.5 Å². The number of amides is 1. The Balaban J connectivity index is 1.68. The summed E-state index contributed by atoms with van der Waals surface area (Å²) in [5.41, 5.74) is 1.99. The molecule has 0 saturated carbocycles. The molecule has 1 aliphatic heterocycles. The predicted molar refractivity (Wildman–Crippen MR) is 109 cm³/mol. The van der Waals surface area contributed by atoms with Crippen LogP contribution in [0.15, 0.2) is 41.3 Å². The van der Waals surface area contributed by atoms with Crippen molar-refractivity contribution in [2.45, 2.75) is 18.7 Å². The zero-order valence-corrected chi connectivity index (χ0v) is 17.2. The summed E-state index contributed by atoms with van der Waals surface area (Å²) in [5.74, 6) is -0.725. The van der Waals surface area contributed by atoms with E-state index in [2.05, 4.69) is 10.6 Å². The minimum absolute atomic E-state index is 0.0814. The SMILES string of the molecule is Cc1ccc(NCC(=O)Nc2ccc(C)c(S(=O)(=O)N3CCOCC3)c2)cc1F. The van der Waals surface area contributed by atoms with Crippen molar-refractivity contribution in [3.05, 3.63) is 53.3 Å². The van der Waals surface area contributed by atoms with E-state index in [4.69, 9.17) is 4.74 Å². The molecule has 1 amide bonds. The van der Waals surface area contributed by atoms with E-state index in [1.54, 1.807) is 38.1 Å². The first kappa shape index (κ1) is 21.2. The van der Waals surface area contributed by atoms with Crippen LogP contribution in [0.5, 0.6) is 0 Å². The van der Waals surface area contributed by atoms with E-state index < -0.39 is 10.0 Å². The molecule has 0 aromatic heterocycles. The van der Waals surface area contributed by atoms with Crippen molar-refractivity contribution in [1.82, 2.24) is 4.31 Å². The van der Waals surface area contributed by atoms with E-state index in [1.807, 2.05) is 0 Å². The number of carbonyl (C=O) groups excluding carboxylic acids is 1. The molecule has 156 valence electrons. The quantitative estimate of drug-likeness (QED) is 0.748. The average Bonchev–Trinajstić information content (AvgIpc) is 2.71. The van der Waals surface area contributed by atoms with Crippen molar-refractivity contribution in [2.24, 2.45) is 0 Å². The summed E-state index contributed by atoms with van der Waals surface area (Å²) in [5, 5.41) is 5.53. The second kappa shape index (κ2) is 8.89. The normalized spacial score (nSPS) is 15.1. The van der Waals surface area contributed by atoms with Crippen molar-refractivity contribution < 1.29 is 22.3 Å². The van der Waals surface area contributed by atoms with Gasteiger partial charge in [-0.15, -0.1) is 0 Å². The molecular weight excluding hydrogens is 397 g/mol. The Morgan fingerprint density at radius 3 is 2.41 bits per heavy atom. The van der Waals surface area contributed by atoms with Crippen LogP contribution in [-0.4, -0.2) is 51.5 Å². The Morgan fingerprint density at radius 1 is 1.07 bits per heavy atom. The summed E-state index contributed by atoms with van der Waals surface area (Å²) in [4.78, 5) is 12.4. The van der Waals surface area contributed by atoms with E-state index in [9.17, 15) is 17.6 Å². The molecule has 0 unspecified atom stereocenters. The molecule has 0 bridgehead atoms. The number of aryl methyl sites for hydroxylation is 2. The van der Waals surface area contributed by atoms with Gasteiger partial charge >= 0.3 is 0 Å². The van der Waals surface area contributed by atoms with Crippen LogP contribution in [0, 0.1) is 19.7 Å². The van der Waals surface area contributed by atoms with Gasteiger partial charge < -0.3 is 15.4 Å². The molecule has 2 aromatic rings. The molecule has 0 aliphatic carbocycles. The molecule has 0 atom stereocenters. The zero-order valence-electron chi connectivity index (χ0n) is 16.4. The lowest BCUT2D eigenvalue weighted by Crippen LogP contribution is -2.40. The number of benzene rings is 2. The second-order valence-electron chi connectivity index (χ2n) is 6.86. The Morgan fingerprint density at radius 2 is 1.72 bits per heavy atom. The molecule has 1 fully saturated rings. The minimum atomic E-state index is -3.67. The standard InChI is InChI=1S/C20H24FN3O4S/c1-14-3-5-16(11-18(14)21)22-13-20(25)23-17-6-4-15(2)19(12-17)29(26,27)24-7-9-28-10-8-24/h3-6,11-12,22H,7-10,13H2,1-2H3,(H,23,25). The lowest BCUT2D eigenvalue weighted by atomic mass is 10.2. The average molecular weight is 421 g/mol. The van der Waals surface area contributed by atoms with Gasteiger partial charge in [0.15, 0.2) is 0 Å². The molecule has 2 N–H and O–H groups in total. The predicted octanol–water partition coefficient (Wildman–Crippen LogP) is 2.51. The van der Waals surface area contributed by atoms with Crippen LogP contribution in [0.3, 0.4) is 0 Å². The van der Waals surface area contributed by atoms with Crippen LogP contribution in [0.25, 0.3) is 0 Å². The highest BCUT2D eigenvalue weighted by Crippen LogP contribution is 2.24. The van der Waals surface area contributed by atoms with Crippen LogP contribution < -0.4 is 10.6 Å². The maximum absolute atomic E-state index is 13.6. The lowest BCUT2D eigenvalue weighted by molar-refractivity contribution is -0.114. The zero-order chi connectivity index (χ0) is 21.0. The summed E-state index contributed by atoms with van der Waals surface area (Å²) in [6.07, 6.45) is 0. The first-order chi connectivity index (χ1) is 13.8. The largest absolute Gasteiger partial charge is 0.379 e. The number of carbonyl (C=O) groups is 1. The van der Waals surface area contributed by atoms with Gasteiger partial charge in [0.1, 0.15) is 5.82 Å². The van der Waals surface area contributed by atoms with Crippen molar-refractivity contribution in [2.75, 3.05) is 43.5 Å². The van der Waals surface area contributed by atoms with Gasteiger partial charge in [0.25, 0.3) is 0 Å². The van der Waals surface area contributed by atoms with Gasteiger partial charge in [-0.3, -0.25) is 4.79 Å². The molecule has 9 heteroatoms. The van der Waals surface area contributed by atoms with Crippen LogP contribution in [-0.2, 0) is 19.6 Å². The maximum Gasteiger partial charge on any atom is 0.243 e. The first-order valence-electron chi connectivity index (χ1n) is 9.26. The highest BCUT2D eigenvalue weighted by atomic mass is 32.2. The minimum Gasteiger partial charge on any atom is -0.379 e. The molecular formula is C20H24FN3O4S. The van der Waals surface area contributed by atoms with Crippen molar-refractivity contribution in [3.8, 4) is 0 Å². The number of nitrogens with one attached hydrogen (secondary N) is 2. The van der Waals surface area contributed by atoms with Crippen LogP contribution >= 0.6 is 0 Å². The van der Waals surface area contributed by atoms with Gasteiger partial charge in [-0.05, 0) is 49.2 Å². The van der Waals surface area contributed by atoms with Gasteiger partial charge in [-0.25, -0.2) is 12.8 Å². The summed E-state index contributed by atoms with van der Waals surface area (Å²) in [6.45, 7) is 4.62. The van der Waals surface area contributed by atoms with Crippen molar-refractivity contribution >= 4 is 27.3 Å². The monoisotopic (exact) mass is 421 g/mol. The number of halogens is 1. The van der Waals surface area contributed by atoms with Gasteiger partial charge in [0.05, 0.1) is 24.7 Å². The Hall–Kier alpha value is -2.49. The summed E-state index contributed by atoms with van der Waals surface area (Å²) in [6, 6.07) is 9.40. The van der Waals surface area contributed by atoms with Crippen molar-refractivity contribution in [1.29, 1.82) is 0 Å². The van der Waals surface area contributed by atoms with Crippen molar-refractivity contribution in [3.63, 3.8) is 0 Å². The number of ether oxygens (including phenoxy) is 1. The number of anilines is 2. The molecule has 29 heavy (non-hydrogen) atoms. The third-order valence-corrected chi connectivity index (χ3v) is 6.73. The van der Waals surface area contributed by atoms with Crippen LogP contribution in [0.2, 0.25) is 0 Å². The van der Waals surface area contributed by atoms with E-state index in [0.29, 0.717) is 48.8 Å². The highest BCUT2D eigenvalue weighted by molar-refractivity contribution is 7.89. The topological polar surface area (TPSA) is 87.7 Å². The number of hydrogen-bond acceptors (Lipinski definition) is 5. The Bertz CT molecular complexity index is 1000. The number of morpholine rings is 1. The number of sulfonamides is 1. The van der Waals surface area contributed by atoms with Gasteiger partial charge in [-0.2, -0.15) is 4.31 Å². The number of hydrogen-bond donors (Lipinski definition) is 2. The maximum atomic E-state index is 13.6. The van der Waals surface area contributed by atoms with E-state index in [0.717, 1.165) is 0 Å². The summed E-state index contributed by atoms with van der Waals surface area (Å²) < 4.78 is 46.0. The summed E-state index contributed by atoms with van der Waals surface area (Å²) in [7, 11) is -3.67. The highest BCUT2D eigenvalue weighted by Gasteiger charge is 2.28. The molecule has 2 aromatic carbocycles. The van der Waals surface area contributed by atoms with E-state index >= 15 is 0 Å². The molecule has 1 saturated heterocycles. The molecule has 0 radical (unpaired) electrons. The van der Waals surface area contributed by atoms with Gasteiger partial charge in [0.2, 0.25) is 15.9 Å². The lowest BCUT2D eigenvalue weighted by Gasteiger charge is -2.26. The fourth-order valence-electron chi connectivity index (χ4n) is 2.97. The third kappa shape index (κ3) is 5.11. The Labute approximate surface area is 169 Å². The van der Waals surface area contributed by atoms with E-state index in [1.165, 1.54) is 16.4 Å². The fourth-order valence-corrected chi connectivity index (χ4v) is 4.63. The van der Waals surface area contributed by atoms with Crippen LogP contribution in [0.4, 0.5) is 15.8 Å².